The minimum Gasteiger partial charge on any atom is -0.497 e. The van der Waals surface area contributed by atoms with Crippen LogP contribution in [0.2, 0.25) is 0 Å². The lowest BCUT2D eigenvalue weighted by atomic mass is 10.1. The number of methoxy groups -OCH3 is 1. The average molecular weight is 407 g/mol. The highest BCUT2D eigenvalue weighted by Crippen LogP contribution is 2.30. The van der Waals surface area contributed by atoms with Crippen molar-refractivity contribution in [2.24, 2.45) is 0 Å². The lowest BCUT2D eigenvalue weighted by Crippen LogP contribution is -2.52. The largest absolute Gasteiger partial charge is 0.497 e. The van der Waals surface area contributed by atoms with Gasteiger partial charge in [-0.15, -0.1) is 0 Å². The molecule has 1 fully saturated rings. The van der Waals surface area contributed by atoms with Crippen LogP contribution < -0.4 is 15.0 Å². The zero-order valence-corrected chi connectivity index (χ0v) is 16.4. The standard InChI is InChI=1S/C21H24F3N3O2/c1-15(20(28)25-17-5-3-4-16(14-17)21(22,23)24)26-10-12-27(13-11-26)18-6-8-19(29-2)9-7-18/h3-9,14-15H,10-13H2,1-2H3,(H,25,28)/t15-/m0/s1. The zero-order chi connectivity index (χ0) is 21.0. The van der Waals surface area contributed by atoms with E-state index in [0.717, 1.165) is 36.7 Å². The van der Waals surface area contributed by atoms with Crippen molar-refractivity contribution in [2.75, 3.05) is 43.5 Å². The van der Waals surface area contributed by atoms with Crippen molar-refractivity contribution >= 4 is 17.3 Å². The number of halogens is 3. The third-order valence-corrected chi connectivity index (χ3v) is 5.14. The van der Waals surface area contributed by atoms with Crippen molar-refractivity contribution in [3.05, 3.63) is 54.1 Å². The monoisotopic (exact) mass is 407 g/mol. The molecule has 0 radical (unpaired) electrons. The fourth-order valence-corrected chi connectivity index (χ4v) is 3.35. The van der Waals surface area contributed by atoms with E-state index in [-0.39, 0.29) is 11.6 Å². The van der Waals surface area contributed by atoms with Crippen LogP contribution in [0.25, 0.3) is 0 Å². The molecule has 156 valence electrons. The van der Waals surface area contributed by atoms with Gasteiger partial charge in [-0.25, -0.2) is 0 Å². The molecular weight excluding hydrogens is 383 g/mol. The summed E-state index contributed by atoms with van der Waals surface area (Å²) in [5.74, 6) is 0.481. The molecule has 0 aromatic heterocycles. The minimum atomic E-state index is -4.44. The number of alkyl halides is 3. The Morgan fingerprint density at radius 3 is 2.31 bits per heavy atom. The van der Waals surface area contributed by atoms with Crippen LogP contribution in [0.3, 0.4) is 0 Å². The second kappa shape index (κ2) is 8.73. The topological polar surface area (TPSA) is 44.8 Å². The molecular formula is C21H24F3N3O2. The summed E-state index contributed by atoms with van der Waals surface area (Å²) >= 11 is 0. The molecule has 3 rings (SSSR count). The molecule has 1 aliphatic rings. The molecule has 2 aromatic rings. The zero-order valence-electron chi connectivity index (χ0n) is 16.4. The lowest BCUT2D eigenvalue weighted by Gasteiger charge is -2.38. The summed E-state index contributed by atoms with van der Waals surface area (Å²) < 4.78 is 43.7. The van der Waals surface area contributed by atoms with E-state index in [4.69, 9.17) is 4.74 Å². The van der Waals surface area contributed by atoms with E-state index in [9.17, 15) is 18.0 Å². The Hall–Kier alpha value is -2.74. The molecule has 1 atom stereocenters. The van der Waals surface area contributed by atoms with Crippen LogP contribution >= 0.6 is 0 Å². The summed E-state index contributed by atoms with van der Waals surface area (Å²) in [4.78, 5) is 16.8. The van der Waals surface area contributed by atoms with E-state index in [2.05, 4.69) is 10.2 Å². The summed E-state index contributed by atoms with van der Waals surface area (Å²) in [6.45, 7) is 4.65. The Morgan fingerprint density at radius 1 is 1.07 bits per heavy atom. The average Bonchev–Trinajstić information content (AvgIpc) is 2.73. The number of benzene rings is 2. The number of ether oxygens (including phenoxy) is 1. The Kier molecular flexibility index (Phi) is 6.32. The van der Waals surface area contributed by atoms with Crippen molar-refractivity contribution in [3.8, 4) is 5.75 Å². The molecule has 2 aromatic carbocycles. The number of rotatable bonds is 5. The molecule has 1 aliphatic heterocycles. The number of nitrogens with one attached hydrogen (secondary N) is 1. The van der Waals surface area contributed by atoms with Crippen molar-refractivity contribution in [1.82, 2.24) is 4.90 Å². The van der Waals surface area contributed by atoms with Gasteiger partial charge < -0.3 is 15.0 Å². The Bertz CT molecular complexity index is 832. The lowest BCUT2D eigenvalue weighted by molar-refractivity contribution is -0.137. The van der Waals surface area contributed by atoms with Gasteiger partial charge in [-0.3, -0.25) is 9.69 Å². The molecule has 0 unspecified atom stereocenters. The summed E-state index contributed by atoms with van der Waals surface area (Å²) in [5, 5.41) is 2.60. The van der Waals surface area contributed by atoms with Gasteiger partial charge in [0, 0.05) is 37.6 Å². The molecule has 0 aliphatic carbocycles. The van der Waals surface area contributed by atoms with Gasteiger partial charge in [0.05, 0.1) is 18.7 Å². The molecule has 1 N–H and O–H groups in total. The predicted molar refractivity (Wildman–Crippen MR) is 106 cm³/mol. The first-order valence-corrected chi connectivity index (χ1v) is 9.39. The number of carbonyl (C=O) groups is 1. The molecule has 0 saturated carbocycles. The number of piperazine rings is 1. The van der Waals surface area contributed by atoms with E-state index < -0.39 is 17.8 Å². The fourth-order valence-electron chi connectivity index (χ4n) is 3.35. The van der Waals surface area contributed by atoms with Crippen LogP contribution in [0.5, 0.6) is 5.75 Å². The Labute approximate surface area is 168 Å². The molecule has 0 spiro atoms. The van der Waals surface area contributed by atoms with Crippen LogP contribution in [-0.4, -0.2) is 50.1 Å². The van der Waals surface area contributed by atoms with Crippen molar-refractivity contribution < 1.29 is 22.7 Å². The van der Waals surface area contributed by atoms with Gasteiger partial charge >= 0.3 is 6.18 Å². The van der Waals surface area contributed by atoms with E-state index in [1.54, 1.807) is 14.0 Å². The second-order valence-corrected chi connectivity index (χ2v) is 6.96. The summed E-state index contributed by atoms with van der Waals surface area (Å²) in [6, 6.07) is 12.1. The number of hydrogen-bond donors (Lipinski definition) is 1. The molecule has 29 heavy (non-hydrogen) atoms. The normalized spacial score (nSPS) is 16.4. The molecule has 5 nitrogen and oxygen atoms in total. The maximum Gasteiger partial charge on any atom is 0.416 e. The van der Waals surface area contributed by atoms with E-state index in [0.29, 0.717) is 13.1 Å². The van der Waals surface area contributed by atoms with Gasteiger partial charge in [-0.05, 0) is 49.4 Å². The fraction of sp³-hybridized carbons (Fsp3) is 0.381. The molecule has 1 saturated heterocycles. The maximum atomic E-state index is 12.8. The summed E-state index contributed by atoms with van der Waals surface area (Å²) in [6.07, 6.45) is -4.44. The SMILES string of the molecule is COc1ccc(N2CCN([C@@H](C)C(=O)Nc3cccc(C(F)(F)F)c3)CC2)cc1. The number of nitrogens with zero attached hydrogens (tertiary/aromatic N) is 2. The number of amides is 1. The summed E-state index contributed by atoms with van der Waals surface area (Å²) in [5.41, 5.74) is 0.455. The van der Waals surface area contributed by atoms with Crippen molar-refractivity contribution in [3.63, 3.8) is 0 Å². The Balaban J connectivity index is 1.56. The highest BCUT2D eigenvalue weighted by Gasteiger charge is 2.31. The van der Waals surface area contributed by atoms with Gasteiger partial charge in [0.2, 0.25) is 5.91 Å². The maximum absolute atomic E-state index is 12.8. The minimum absolute atomic E-state index is 0.147. The molecule has 8 heteroatoms. The van der Waals surface area contributed by atoms with Gasteiger partial charge in [0.15, 0.2) is 0 Å². The Morgan fingerprint density at radius 2 is 1.72 bits per heavy atom. The third-order valence-electron chi connectivity index (χ3n) is 5.14. The first kappa shape index (κ1) is 21.0. The molecule has 1 amide bonds. The van der Waals surface area contributed by atoms with E-state index >= 15 is 0 Å². The third kappa shape index (κ3) is 5.20. The highest BCUT2D eigenvalue weighted by molar-refractivity contribution is 5.94. The second-order valence-electron chi connectivity index (χ2n) is 6.96. The summed E-state index contributed by atoms with van der Waals surface area (Å²) in [7, 11) is 1.62. The van der Waals surface area contributed by atoms with Crippen molar-refractivity contribution in [2.45, 2.75) is 19.1 Å². The van der Waals surface area contributed by atoms with E-state index in [1.165, 1.54) is 12.1 Å². The van der Waals surface area contributed by atoms with Crippen LogP contribution in [0.1, 0.15) is 12.5 Å². The number of carbonyl (C=O) groups excluding carboxylic acids is 1. The van der Waals surface area contributed by atoms with E-state index in [1.807, 2.05) is 29.2 Å². The van der Waals surface area contributed by atoms with Crippen LogP contribution in [0.15, 0.2) is 48.5 Å². The smallest absolute Gasteiger partial charge is 0.416 e. The molecule has 0 bridgehead atoms. The molecule has 1 heterocycles. The number of anilines is 2. The number of hydrogen-bond acceptors (Lipinski definition) is 4. The first-order chi connectivity index (χ1) is 13.8. The predicted octanol–water partition coefficient (Wildman–Crippen LogP) is 3.86. The van der Waals surface area contributed by atoms with Crippen molar-refractivity contribution in [1.29, 1.82) is 0 Å². The van der Waals surface area contributed by atoms with Gasteiger partial charge in [0.25, 0.3) is 0 Å². The van der Waals surface area contributed by atoms with Gasteiger partial charge in [-0.1, -0.05) is 6.07 Å². The van der Waals surface area contributed by atoms with Crippen LogP contribution in [0, 0.1) is 0 Å². The van der Waals surface area contributed by atoms with Crippen LogP contribution in [0.4, 0.5) is 24.5 Å². The highest BCUT2D eigenvalue weighted by atomic mass is 19.4. The van der Waals surface area contributed by atoms with Gasteiger partial charge in [-0.2, -0.15) is 13.2 Å². The quantitative estimate of drug-likeness (QED) is 0.818. The van der Waals surface area contributed by atoms with Crippen LogP contribution in [-0.2, 0) is 11.0 Å². The first-order valence-electron chi connectivity index (χ1n) is 9.39. The van der Waals surface area contributed by atoms with Gasteiger partial charge in [0.1, 0.15) is 5.75 Å².